The number of benzene rings is 1. The van der Waals surface area contributed by atoms with Gasteiger partial charge in [0.25, 0.3) is 0 Å². The summed E-state index contributed by atoms with van der Waals surface area (Å²) in [5.74, 6) is 0. The fourth-order valence-electron chi connectivity index (χ4n) is 1.71. The van der Waals surface area contributed by atoms with E-state index in [1.54, 1.807) is 0 Å². The van der Waals surface area contributed by atoms with Crippen LogP contribution in [0.5, 0.6) is 0 Å². The van der Waals surface area contributed by atoms with Crippen LogP contribution in [-0.2, 0) is 6.54 Å². The highest BCUT2D eigenvalue weighted by Gasteiger charge is 2.04. The minimum atomic E-state index is 0.778. The summed E-state index contributed by atoms with van der Waals surface area (Å²) >= 11 is 0. The normalized spacial score (nSPS) is 10.7. The summed E-state index contributed by atoms with van der Waals surface area (Å²) < 4.78 is 1.83. The minimum absolute atomic E-state index is 0.778. The van der Waals surface area contributed by atoms with E-state index in [9.17, 15) is 0 Å². The van der Waals surface area contributed by atoms with Crippen molar-refractivity contribution in [3.8, 4) is 5.69 Å². The molecule has 0 radical (unpaired) electrons. The predicted octanol–water partition coefficient (Wildman–Crippen LogP) is 2.08. The molecule has 1 N–H and O–H groups in total. The average molecular weight is 230 g/mol. The van der Waals surface area contributed by atoms with Crippen LogP contribution >= 0.6 is 0 Å². The van der Waals surface area contributed by atoms with Crippen LogP contribution in [0.25, 0.3) is 5.69 Å². The van der Waals surface area contributed by atoms with E-state index in [0.717, 1.165) is 30.9 Å². The van der Waals surface area contributed by atoms with Crippen molar-refractivity contribution in [2.24, 2.45) is 0 Å². The Labute approximate surface area is 102 Å². The zero-order valence-electron chi connectivity index (χ0n) is 10.3. The van der Waals surface area contributed by atoms with Gasteiger partial charge < -0.3 is 5.32 Å². The molecule has 0 amide bonds. The summed E-state index contributed by atoms with van der Waals surface area (Å²) in [5, 5.41) is 11.6. The molecule has 0 spiro atoms. The quantitative estimate of drug-likeness (QED) is 0.800. The molecule has 0 bridgehead atoms. The molecule has 0 saturated heterocycles. The highest BCUT2D eigenvalue weighted by atomic mass is 15.4. The van der Waals surface area contributed by atoms with Gasteiger partial charge in [-0.25, -0.2) is 4.68 Å². The van der Waals surface area contributed by atoms with Crippen molar-refractivity contribution in [2.45, 2.75) is 26.8 Å². The molecule has 4 heteroatoms. The van der Waals surface area contributed by atoms with Crippen LogP contribution in [0.1, 0.15) is 24.6 Å². The second kappa shape index (κ2) is 5.59. The van der Waals surface area contributed by atoms with Crippen LogP contribution in [-0.4, -0.2) is 21.5 Å². The van der Waals surface area contributed by atoms with E-state index in [1.807, 2.05) is 29.1 Å². The van der Waals surface area contributed by atoms with Gasteiger partial charge in [0, 0.05) is 6.54 Å². The molecule has 1 aromatic heterocycles. The van der Waals surface area contributed by atoms with Gasteiger partial charge in [-0.2, -0.15) is 0 Å². The number of hydrogen-bond donors (Lipinski definition) is 1. The molecule has 0 aliphatic carbocycles. The van der Waals surface area contributed by atoms with Crippen molar-refractivity contribution < 1.29 is 0 Å². The summed E-state index contributed by atoms with van der Waals surface area (Å²) in [6, 6.07) is 8.16. The van der Waals surface area contributed by atoms with Gasteiger partial charge in [0.1, 0.15) is 0 Å². The molecule has 2 aromatic rings. The Kier molecular flexibility index (Phi) is 3.88. The number of nitrogens with zero attached hydrogens (tertiary/aromatic N) is 3. The molecule has 1 heterocycles. The van der Waals surface area contributed by atoms with Crippen molar-refractivity contribution in [2.75, 3.05) is 6.54 Å². The predicted molar refractivity (Wildman–Crippen MR) is 68.1 cm³/mol. The standard InChI is InChI=1S/C13H18N4/c1-3-8-14-9-12-10-17(16-15-12)13-7-5-4-6-11(13)2/h4-7,10,14H,3,8-9H2,1-2H3. The smallest absolute Gasteiger partial charge is 0.0969 e. The monoisotopic (exact) mass is 230 g/mol. The number of para-hydroxylation sites is 1. The molecule has 17 heavy (non-hydrogen) atoms. The molecule has 0 aliphatic heterocycles. The maximum atomic E-state index is 4.16. The lowest BCUT2D eigenvalue weighted by Crippen LogP contribution is -2.13. The lowest BCUT2D eigenvalue weighted by atomic mass is 10.2. The van der Waals surface area contributed by atoms with E-state index in [1.165, 1.54) is 5.56 Å². The van der Waals surface area contributed by atoms with Crippen LogP contribution in [0.15, 0.2) is 30.5 Å². The van der Waals surface area contributed by atoms with Crippen molar-refractivity contribution in [3.05, 3.63) is 41.7 Å². The van der Waals surface area contributed by atoms with E-state index in [4.69, 9.17) is 0 Å². The van der Waals surface area contributed by atoms with E-state index < -0.39 is 0 Å². The molecule has 0 unspecified atom stereocenters. The molecule has 0 atom stereocenters. The van der Waals surface area contributed by atoms with Gasteiger partial charge in [0.15, 0.2) is 0 Å². The average Bonchev–Trinajstić information content (AvgIpc) is 2.79. The number of aromatic nitrogens is 3. The van der Waals surface area contributed by atoms with Gasteiger partial charge >= 0.3 is 0 Å². The van der Waals surface area contributed by atoms with Crippen molar-refractivity contribution >= 4 is 0 Å². The first-order valence-corrected chi connectivity index (χ1v) is 5.99. The first kappa shape index (κ1) is 11.8. The van der Waals surface area contributed by atoms with Gasteiger partial charge in [-0.15, -0.1) is 5.10 Å². The highest BCUT2D eigenvalue weighted by molar-refractivity contribution is 5.38. The third-order valence-electron chi connectivity index (χ3n) is 2.64. The molecule has 4 nitrogen and oxygen atoms in total. The molecule has 1 aromatic carbocycles. The largest absolute Gasteiger partial charge is 0.311 e. The number of hydrogen-bond acceptors (Lipinski definition) is 3. The van der Waals surface area contributed by atoms with E-state index in [2.05, 4.69) is 35.5 Å². The molecular formula is C13H18N4. The first-order chi connectivity index (χ1) is 8.31. The lowest BCUT2D eigenvalue weighted by Gasteiger charge is -2.03. The van der Waals surface area contributed by atoms with Crippen LogP contribution in [0.2, 0.25) is 0 Å². The Morgan fingerprint density at radius 2 is 2.12 bits per heavy atom. The molecule has 0 fully saturated rings. The van der Waals surface area contributed by atoms with Crippen LogP contribution < -0.4 is 5.32 Å². The molecule has 0 aliphatic rings. The van der Waals surface area contributed by atoms with Gasteiger partial charge in [0.05, 0.1) is 17.6 Å². The van der Waals surface area contributed by atoms with Crippen molar-refractivity contribution in [3.63, 3.8) is 0 Å². The summed E-state index contributed by atoms with van der Waals surface area (Å²) in [6.07, 6.45) is 3.11. The number of rotatable bonds is 5. The SMILES string of the molecule is CCCNCc1cn(-c2ccccc2C)nn1. The Hall–Kier alpha value is -1.68. The third kappa shape index (κ3) is 2.91. The van der Waals surface area contributed by atoms with Gasteiger partial charge in [0.2, 0.25) is 0 Å². The van der Waals surface area contributed by atoms with E-state index in [-0.39, 0.29) is 0 Å². The topological polar surface area (TPSA) is 42.7 Å². The summed E-state index contributed by atoms with van der Waals surface area (Å²) in [7, 11) is 0. The van der Waals surface area contributed by atoms with Gasteiger partial charge in [-0.3, -0.25) is 0 Å². The second-order valence-corrected chi connectivity index (χ2v) is 4.12. The molecular weight excluding hydrogens is 212 g/mol. The Morgan fingerprint density at radius 1 is 1.29 bits per heavy atom. The van der Waals surface area contributed by atoms with Gasteiger partial charge in [-0.05, 0) is 31.5 Å². The zero-order chi connectivity index (χ0) is 12.1. The molecule has 2 rings (SSSR count). The Bertz CT molecular complexity index is 476. The third-order valence-corrected chi connectivity index (χ3v) is 2.64. The van der Waals surface area contributed by atoms with Crippen LogP contribution in [0.4, 0.5) is 0 Å². The molecule has 90 valence electrons. The molecule has 0 saturated carbocycles. The van der Waals surface area contributed by atoms with Gasteiger partial charge in [-0.1, -0.05) is 30.3 Å². The fourth-order valence-corrected chi connectivity index (χ4v) is 1.71. The van der Waals surface area contributed by atoms with E-state index >= 15 is 0 Å². The lowest BCUT2D eigenvalue weighted by molar-refractivity contribution is 0.662. The Morgan fingerprint density at radius 3 is 2.88 bits per heavy atom. The first-order valence-electron chi connectivity index (χ1n) is 5.99. The maximum absolute atomic E-state index is 4.16. The Balaban J connectivity index is 2.10. The number of nitrogens with one attached hydrogen (secondary N) is 1. The number of aryl methyl sites for hydroxylation is 1. The maximum Gasteiger partial charge on any atom is 0.0969 e. The summed E-state index contributed by atoms with van der Waals surface area (Å²) in [6.45, 7) is 6.01. The van der Waals surface area contributed by atoms with Crippen LogP contribution in [0, 0.1) is 6.92 Å². The zero-order valence-corrected chi connectivity index (χ0v) is 10.3. The summed E-state index contributed by atoms with van der Waals surface area (Å²) in [5.41, 5.74) is 3.26. The fraction of sp³-hybridized carbons (Fsp3) is 0.385. The second-order valence-electron chi connectivity index (χ2n) is 4.12. The van der Waals surface area contributed by atoms with Crippen molar-refractivity contribution in [1.82, 2.24) is 20.3 Å². The van der Waals surface area contributed by atoms with Crippen molar-refractivity contribution in [1.29, 1.82) is 0 Å². The van der Waals surface area contributed by atoms with Crippen LogP contribution in [0.3, 0.4) is 0 Å². The minimum Gasteiger partial charge on any atom is -0.311 e. The highest BCUT2D eigenvalue weighted by Crippen LogP contribution is 2.11. The summed E-state index contributed by atoms with van der Waals surface area (Å²) in [4.78, 5) is 0. The van der Waals surface area contributed by atoms with E-state index in [0.29, 0.717) is 0 Å².